The largest absolute Gasteiger partial charge is 0.416 e. The number of likely N-dealkylation sites (tertiary alicyclic amines) is 1. The zero-order valence-corrected chi connectivity index (χ0v) is 22.8. The summed E-state index contributed by atoms with van der Waals surface area (Å²) >= 11 is 0. The molecule has 3 nitrogen and oxygen atoms in total. The second-order valence-electron chi connectivity index (χ2n) is 11.4. The smallest absolute Gasteiger partial charge is 0.335 e. The highest BCUT2D eigenvalue weighted by Crippen LogP contribution is 2.37. The molecule has 0 radical (unpaired) electrons. The van der Waals surface area contributed by atoms with E-state index in [0.717, 1.165) is 56.5 Å². The Balaban J connectivity index is 1.41. The molecule has 1 amide bonds. The van der Waals surface area contributed by atoms with Gasteiger partial charge in [-0.15, -0.1) is 0 Å². The van der Waals surface area contributed by atoms with Gasteiger partial charge in [-0.3, -0.25) is 9.69 Å². The van der Waals surface area contributed by atoms with E-state index in [1.54, 1.807) is 24.3 Å². The second-order valence-corrected chi connectivity index (χ2v) is 11.4. The fraction of sp³-hybridized carbons (Fsp3) is 0.424. The molecule has 1 saturated heterocycles. The zero-order valence-electron chi connectivity index (χ0n) is 22.8. The molecule has 1 aliphatic heterocycles. The van der Waals surface area contributed by atoms with Crippen molar-refractivity contribution in [1.82, 2.24) is 9.80 Å². The van der Waals surface area contributed by atoms with Crippen LogP contribution in [0.25, 0.3) is 0 Å². The Morgan fingerprint density at radius 3 is 2.23 bits per heavy atom. The highest BCUT2D eigenvalue weighted by atomic mass is 19.4. The Kier molecular flexibility index (Phi) is 8.60. The van der Waals surface area contributed by atoms with E-state index in [1.165, 1.54) is 29.7 Å². The molecule has 1 heterocycles. The lowest BCUT2D eigenvalue weighted by atomic mass is 9.85. The van der Waals surface area contributed by atoms with Crippen molar-refractivity contribution in [3.8, 4) is 0 Å². The molecule has 0 aromatic heterocycles. The van der Waals surface area contributed by atoms with E-state index in [2.05, 4.69) is 24.0 Å². The number of alkyl halides is 3. The van der Waals surface area contributed by atoms with E-state index in [4.69, 9.17) is 0 Å². The van der Waals surface area contributed by atoms with Crippen LogP contribution in [0.5, 0.6) is 0 Å². The summed E-state index contributed by atoms with van der Waals surface area (Å²) in [4.78, 5) is 18.2. The molecule has 5 rings (SSSR count). The predicted molar refractivity (Wildman–Crippen MR) is 148 cm³/mol. The lowest BCUT2D eigenvalue weighted by molar-refractivity contribution is -0.137. The molecular weight excluding hydrogens is 516 g/mol. The van der Waals surface area contributed by atoms with Crippen LogP contribution < -0.4 is 0 Å². The van der Waals surface area contributed by atoms with Crippen molar-refractivity contribution in [3.05, 3.63) is 106 Å². The van der Waals surface area contributed by atoms with Gasteiger partial charge in [0.25, 0.3) is 5.91 Å². The third-order valence-electron chi connectivity index (χ3n) is 8.59. The molecule has 2 fully saturated rings. The molecular formula is C33H36F4N2O. The Hall–Kier alpha value is -3.19. The first kappa shape index (κ1) is 28.3. The summed E-state index contributed by atoms with van der Waals surface area (Å²) in [6, 6.07) is 19.7. The van der Waals surface area contributed by atoms with Gasteiger partial charge in [0.2, 0.25) is 0 Å². The number of benzene rings is 3. The summed E-state index contributed by atoms with van der Waals surface area (Å²) in [5.74, 6) is -0.0867. The van der Waals surface area contributed by atoms with Crippen molar-refractivity contribution in [2.24, 2.45) is 5.92 Å². The lowest BCUT2D eigenvalue weighted by Crippen LogP contribution is -2.45. The average molecular weight is 553 g/mol. The maximum absolute atomic E-state index is 13.8. The second kappa shape index (κ2) is 12.1. The van der Waals surface area contributed by atoms with Crippen LogP contribution in [-0.4, -0.2) is 41.4 Å². The Bertz CT molecular complexity index is 1280. The van der Waals surface area contributed by atoms with Gasteiger partial charge in [-0.25, -0.2) is 4.39 Å². The van der Waals surface area contributed by atoms with E-state index in [0.29, 0.717) is 18.7 Å². The summed E-state index contributed by atoms with van der Waals surface area (Å²) in [7, 11) is 0. The fourth-order valence-electron chi connectivity index (χ4n) is 6.49. The number of carbonyl (C=O) groups is 1. The standard InChI is InChI=1S/C33H36F4N2O/c1-23-7-5-6-10-30(23)31-22-38(19-24-11-15-27(16-12-24)33(35,36)37)20-26(31)21-39(29-8-3-2-4-9-29)32(40)25-13-17-28(34)18-14-25/h5-7,10-18,26,29,31H,2-4,8-9,19-22H2,1H3/t26-,31+/m1/s1. The van der Waals surface area contributed by atoms with Gasteiger partial charge < -0.3 is 4.90 Å². The minimum atomic E-state index is -4.35. The summed E-state index contributed by atoms with van der Waals surface area (Å²) in [6.45, 7) is 4.74. The van der Waals surface area contributed by atoms with Crippen molar-refractivity contribution >= 4 is 5.91 Å². The van der Waals surface area contributed by atoms with Gasteiger partial charge in [-0.2, -0.15) is 13.2 Å². The van der Waals surface area contributed by atoms with Gasteiger partial charge in [-0.05, 0) is 78.8 Å². The molecule has 0 unspecified atom stereocenters. The van der Waals surface area contributed by atoms with Crippen LogP contribution in [0.3, 0.4) is 0 Å². The number of rotatable bonds is 7. The number of carbonyl (C=O) groups excluding carboxylic acids is 1. The van der Waals surface area contributed by atoms with Crippen LogP contribution in [0.2, 0.25) is 0 Å². The number of halogens is 4. The van der Waals surface area contributed by atoms with Crippen LogP contribution >= 0.6 is 0 Å². The molecule has 2 atom stereocenters. The molecule has 3 aromatic rings. The maximum Gasteiger partial charge on any atom is 0.416 e. The van der Waals surface area contributed by atoms with Crippen molar-refractivity contribution in [2.45, 2.75) is 63.7 Å². The summed E-state index contributed by atoms with van der Waals surface area (Å²) in [5.41, 5.74) is 3.14. The topological polar surface area (TPSA) is 23.6 Å². The molecule has 1 aliphatic carbocycles. The van der Waals surface area contributed by atoms with Crippen molar-refractivity contribution in [3.63, 3.8) is 0 Å². The van der Waals surface area contributed by atoms with Crippen LogP contribution in [0.4, 0.5) is 17.6 Å². The van der Waals surface area contributed by atoms with Gasteiger partial charge >= 0.3 is 6.18 Å². The number of amides is 1. The first-order valence-electron chi connectivity index (χ1n) is 14.2. The number of hydrogen-bond acceptors (Lipinski definition) is 2. The van der Waals surface area contributed by atoms with E-state index < -0.39 is 11.7 Å². The van der Waals surface area contributed by atoms with Crippen LogP contribution in [0.15, 0.2) is 72.8 Å². The first-order valence-corrected chi connectivity index (χ1v) is 14.2. The molecule has 212 valence electrons. The van der Waals surface area contributed by atoms with E-state index in [9.17, 15) is 22.4 Å². The van der Waals surface area contributed by atoms with Crippen molar-refractivity contribution in [1.29, 1.82) is 0 Å². The molecule has 40 heavy (non-hydrogen) atoms. The van der Waals surface area contributed by atoms with E-state index >= 15 is 0 Å². The normalized spacial score (nSPS) is 20.5. The van der Waals surface area contributed by atoms with Crippen LogP contribution in [0, 0.1) is 18.7 Å². The number of nitrogens with zero attached hydrogens (tertiary/aromatic N) is 2. The lowest BCUT2D eigenvalue weighted by Gasteiger charge is -2.37. The minimum absolute atomic E-state index is 0.0587. The molecule has 0 N–H and O–H groups in total. The summed E-state index contributed by atoms with van der Waals surface area (Å²) in [6.07, 6.45) is 0.916. The molecule has 1 saturated carbocycles. The van der Waals surface area contributed by atoms with Gasteiger partial charge in [0, 0.05) is 43.7 Å². The zero-order chi connectivity index (χ0) is 28.3. The Morgan fingerprint density at radius 1 is 0.900 bits per heavy atom. The first-order chi connectivity index (χ1) is 19.2. The van der Waals surface area contributed by atoms with E-state index in [-0.39, 0.29) is 29.6 Å². The average Bonchev–Trinajstić information content (AvgIpc) is 3.34. The molecule has 7 heteroatoms. The molecule has 0 spiro atoms. The summed E-state index contributed by atoms with van der Waals surface area (Å²) in [5, 5.41) is 0. The molecule has 0 bridgehead atoms. The SMILES string of the molecule is Cc1ccccc1[C@H]1CN(Cc2ccc(C(F)(F)F)cc2)C[C@@H]1CN(C(=O)c1ccc(F)cc1)C1CCCCC1. The third kappa shape index (κ3) is 6.57. The fourth-order valence-corrected chi connectivity index (χ4v) is 6.49. The van der Waals surface area contributed by atoms with Crippen LogP contribution in [0.1, 0.15) is 70.6 Å². The Labute approximate surface area is 233 Å². The number of hydrogen-bond donors (Lipinski definition) is 0. The molecule has 2 aliphatic rings. The van der Waals surface area contributed by atoms with Crippen molar-refractivity contribution < 1.29 is 22.4 Å². The predicted octanol–water partition coefficient (Wildman–Crippen LogP) is 7.84. The monoisotopic (exact) mass is 552 g/mol. The highest BCUT2D eigenvalue weighted by Gasteiger charge is 2.38. The van der Waals surface area contributed by atoms with Gasteiger partial charge in [0.15, 0.2) is 0 Å². The van der Waals surface area contributed by atoms with E-state index in [1.807, 2.05) is 17.0 Å². The maximum atomic E-state index is 13.8. The highest BCUT2D eigenvalue weighted by molar-refractivity contribution is 5.94. The Morgan fingerprint density at radius 2 is 1.57 bits per heavy atom. The third-order valence-corrected chi connectivity index (χ3v) is 8.59. The van der Waals surface area contributed by atoms with Crippen LogP contribution in [-0.2, 0) is 12.7 Å². The quantitative estimate of drug-likeness (QED) is 0.279. The van der Waals surface area contributed by atoms with Gasteiger partial charge in [-0.1, -0.05) is 55.7 Å². The number of aryl methyl sites for hydroxylation is 1. The summed E-state index contributed by atoms with van der Waals surface area (Å²) < 4.78 is 52.8. The van der Waals surface area contributed by atoms with Gasteiger partial charge in [0.1, 0.15) is 5.82 Å². The molecule has 3 aromatic carbocycles. The van der Waals surface area contributed by atoms with Gasteiger partial charge in [0.05, 0.1) is 5.56 Å². The van der Waals surface area contributed by atoms with Crippen molar-refractivity contribution in [2.75, 3.05) is 19.6 Å². The minimum Gasteiger partial charge on any atom is -0.335 e.